The molecule has 1 amide bonds. The predicted octanol–water partition coefficient (Wildman–Crippen LogP) is 1.49. The molecule has 2 rings (SSSR count). The average molecular weight is 224 g/mol. The number of amides is 1. The minimum atomic E-state index is 0.183. The molecule has 1 aromatic heterocycles. The Morgan fingerprint density at radius 3 is 2.73 bits per heavy atom. The summed E-state index contributed by atoms with van der Waals surface area (Å²) in [7, 11) is 0. The van der Waals surface area contributed by atoms with Gasteiger partial charge in [0.15, 0.2) is 0 Å². The number of aryl methyl sites for hydroxylation is 1. The van der Waals surface area contributed by atoms with Crippen LogP contribution in [0.5, 0.6) is 0 Å². The van der Waals surface area contributed by atoms with Crippen LogP contribution in [0.1, 0.15) is 22.8 Å². The first-order valence-electron chi connectivity index (χ1n) is 5.28. The van der Waals surface area contributed by atoms with E-state index in [9.17, 15) is 4.79 Å². The first-order chi connectivity index (χ1) is 7.24. The van der Waals surface area contributed by atoms with Gasteiger partial charge in [0.2, 0.25) is 0 Å². The molecule has 15 heavy (non-hydrogen) atoms. The molecule has 1 fully saturated rings. The van der Waals surface area contributed by atoms with Crippen molar-refractivity contribution in [3.63, 3.8) is 0 Å². The van der Waals surface area contributed by atoms with Gasteiger partial charge in [-0.05, 0) is 24.8 Å². The van der Waals surface area contributed by atoms with E-state index in [1.807, 2.05) is 29.5 Å². The second-order valence-electron chi connectivity index (χ2n) is 3.87. The van der Waals surface area contributed by atoms with Crippen LogP contribution in [0.15, 0.2) is 10.8 Å². The molecule has 0 aromatic carbocycles. The second-order valence-corrected chi connectivity index (χ2v) is 4.62. The van der Waals surface area contributed by atoms with Crippen molar-refractivity contribution in [2.75, 3.05) is 19.6 Å². The lowest BCUT2D eigenvalue weighted by atomic mass is 10.1. The van der Waals surface area contributed by atoms with E-state index in [1.54, 1.807) is 11.3 Å². The van der Waals surface area contributed by atoms with Crippen molar-refractivity contribution >= 4 is 17.2 Å². The topological polar surface area (TPSA) is 32.3 Å². The molecule has 2 heterocycles. The highest BCUT2D eigenvalue weighted by molar-refractivity contribution is 7.08. The van der Waals surface area contributed by atoms with Gasteiger partial charge in [0, 0.05) is 25.0 Å². The number of carbonyl (C=O) groups is 1. The number of nitrogens with one attached hydrogen (secondary N) is 1. The first kappa shape index (κ1) is 10.6. The summed E-state index contributed by atoms with van der Waals surface area (Å²) in [5.74, 6) is 0.183. The van der Waals surface area contributed by atoms with E-state index in [0.717, 1.165) is 30.8 Å². The van der Waals surface area contributed by atoms with Crippen LogP contribution in [0.3, 0.4) is 0 Å². The fourth-order valence-corrected chi connectivity index (χ4v) is 2.62. The van der Waals surface area contributed by atoms with E-state index in [4.69, 9.17) is 0 Å². The molecule has 0 bridgehead atoms. The second kappa shape index (κ2) is 4.33. The summed E-state index contributed by atoms with van der Waals surface area (Å²) >= 11 is 1.60. The molecule has 82 valence electrons. The van der Waals surface area contributed by atoms with Crippen molar-refractivity contribution in [2.24, 2.45) is 0 Å². The van der Waals surface area contributed by atoms with Gasteiger partial charge in [-0.2, -0.15) is 11.3 Å². The maximum Gasteiger partial charge on any atom is 0.255 e. The fourth-order valence-electron chi connectivity index (χ4n) is 1.80. The maximum atomic E-state index is 12.2. The minimum absolute atomic E-state index is 0.183. The standard InChI is InChI=1S/C11H16N2OS/c1-3-13(9-4-12-5-9)11(14)10-7-15-6-8(10)2/h6-7,9,12H,3-5H2,1-2H3. The Labute approximate surface area is 94.1 Å². The summed E-state index contributed by atoms with van der Waals surface area (Å²) in [5.41, 5.74) is 1.96. The number of carbonyl (C=O) groups excluding carboxylic acids is 1. The van der Waals surface area contributed by atoms with E-state index >= 15 is 0 Å². The molecule has 1 saturated heterocycles. The lowest BCUT2D eigenvalue weighted by molar-refractivity contribution is 0.0630. The van der Waals surface area contributed by atoms with Crippen LogP contribution in [0.25, 0.3) is 0 Å². The Kier molecular flexibility index (Phi) is 3.07. The zero-order valence-corrected chi connectivity index (χ0v) is 9.93. The van der Waals surface area contributed by atoms with E-state index in [2.05, 4.69) is 5.32 Å². The van der Waals surface area contributed by atoms with Gasteiger partial charge in [-0.25, -0.2) is 0 Å². The van der Waals surface area contributed by atoms with E-state index in [0.29, 0.717) is 6.04 Å². The van der Waals surface area contributed by atoms with Crippen molar-refractivity contribution in [1.82, 2.24) is 10.2 Å². The number of hydrogen-bond donors (Lipinski definition) is 1. The maximum absolute atomic E-state index is 12.2. The van der Waals surface area contributed by atoms with Gasteiger partial charge in [0.05, 0.1) is 11.6 Å². The summed E-state index contributed by atoms with van der Waals surface area (Å²) in [6.07, 6.45) is 0. The van der Waals surface area contributed by atoms with Crippen molar-refractivity contribution in [3.8, 4) is 0 Å². The Morgan fingerprint density at radius 2 is 2.33 bits per heavy atom. The van der Waals surface area contributed by atoms with E-state index in [-0.39, 0.29) is 5.91 Å². The zero-order valence-electron chi connectivity index (χ0n) is 9.12. The third kappa shape index (κ3) is 1.92. The molecule has 1 aromatic rings. The number of hydrogen-bond acceptors (Lipinski definition) is 3. The van der Waals surface area contributed by atoms with Crippen LogP contribution in [-0.4, -0.2) is 36.5 Å². The van der Waals surface area contributed by atoms with Gasteiger partial charge < -0.3 is 10.2 Å². The molecule has 0 saturated carbocycles. The third-order valence-corrected chi connectivity index (χ3v) is 3.75. The molecule has 4 heteroatoms. The van der Waals surface area contributed by atoms with Crippen molar-refractivity contribution in [3.05, 3.63) is 21.9 Å². The van der Waals surface area contributed by atoms with Gasteiger partial charge in [-0.1, -0.05) is 0 Å². The van der Waals surface area contributed by atoms with Crippen LogP contribution in [0.2, 0.25) is 0 Å². The highest BCUT2D eigenvalue weighted by atomic mass is 32.1. The SMILES string of the molecule is CCN(C(=O)c1cscc1C)C1CNC1. The Hall–Kier alpha value is -0.870. The molecule has 1 aliphatic heterocycles. The monoisotopic (exact) mass is 224 g/mol. The summed E-state index contributed by atoms with van der Waals surface area (Å²) in [6, 6.07) is 0.391. The number of nitrogens with zero attached hydrogens (tertiary/aromatic N) is 1. The van der Waals surface area contributed by atoms with Gasteiger partial charge >= 0.3 is 0 Å². The number of thiophene rings is 1. The zero-order chi connectivity index (χ0) is 10.8. The van der Waals surface area contributed by atoms with Gasteiger partial charge in [-0.3, -0.25) is 4.79 Å². The summed E-state index contributed by atoms with van der Waals surface area (Å²) in [6.45, 7) is 6.69. The van der Waals surface area contributed by atoms with Gasteiger partial charge in [0.25, 0.3) is 5.91 Å². The fraction of sp³-hybridized carbons (Fsp3) is 0.545. The van der Waals surface area contributed by atoms with Gasteiger partial charge in [0.1, 0.15) is 0 Å². The molecular weight excluding hydrogens is 208 g/mol. The molecule has 0 atom stereocenters. The normalized spacial score (nSPS) is 16.1. The summed E-state index contributed by atoms with van der Waals surface area (Å²) < 4.78 is 0. The molecule has 0 aliphatic carbocycles. The molecule has 0 radical (unpaired) electrons. The van der Waals surface area contributed by atoms with E-state index in [1.165, 1.54) is 0 Å². The summed E-state index contributed by atoms with van der Waals surface area (Å²) in [4.78, 5) is 14.2. The molecule has 1 N–H and O–H groups in total. The number of rotatable bonds is 3. The molecule has 0 spiro atoms. The Balaban J connectivity index is 2.14. The van der Waals surface area contributed by atoms with Crippen LogP contribution >= 0.6 is 11.3 Å². The average Bonchev–Trinajstić information content (AvgIpc) is 2.56. The van der Waals surface area contributed by atoms with Crippen molar-refractivity contribution in [1.29, 1.82) is 0 Å². The van der Waals surface area contributed by atoms with Crippen LogP contribution in [0.4, 0.5) is 0 Å². The van der Waals surface area contributed by atoms with Crippen LogP contribution < -0.4 is 5.32 Å². The Morgan fingerprint density at radius 1 is 1.60 bits per heavy atom. The highest BCUT2D eigenvalue weighted by Crippen LogP contribution is 2.18. The lowest BCUT2D eigenvalue weighted by Crippen LogP contribution is -2.58. The highest BCUT2D eigenvalue weighted by Gasteiger charge is 2.28. The summed E-state index contributed by atoms with van der Waals surface area (Å²) in [5, 5.41) is 7.18. The molecule has 3 nitrogen and oxygen atoms in total. The molecule has 0 unspecified atom stereocenters. The first-order valence-corrected chi connectivity index (χ1v) is 6.22. The quantitative estimate of drug-likeness (QED) is 0.843. The Bertz CT molecular complexity index is 357. The minimum Gasteiger partial charge on any atom is -0.333 e. The van der Waals surface area contributed by atoms with E-state index < -0.39 is 0 Å². The van der Waals surface area contributed by atoms with Crippen molar-refractivity contribution < 1.29 is 4.79 Å². The predicted molar refractivity (Wildman–Crippen MR) is 62.4 cm³/mol. The van der Waals surface area contributed by atoms with Gasteiger partial charge in [-0.15, -0.1) is 0 Å². The number of likely N-dealkylation sites (N-methyl/N-ethyl adjacent to an activating group) is 1. The van der Waals surface area contributed by atoms with Crippen LogP contribution in [-0.2, 0) is 0 Å². The van der Waals surface area contributed by atoms with Crippen molar-refractivity contribution in [2.45, 2.75) is 19.9 Å². The smallest absolute Gasteiger partial charge is 0.255 e. The lowest BCUT2D eigenvalue weighted by Gasteiger charge is -2.37. The molecular formula is C11H16N2OS. The molecule has 1 aliphatic rings. The largest absolute Gasteiger partial charge is 0.333 e. The third-order valence-electron chi connectivity index (χ3n) is 2.89. The van der Waals surface area contributed by atoms with Crippen LogP contribution in [0, 0.1) is 6.92 Å².